The van der Waals surface area contributed by atoms with E-state index in [1.54, 1.807) is 0 Å². The molecule has 1 aromatic heterocycles. The van der Waals surface area contributed by atoms with E-state index in [9.17, 15) is 4.79 Å². The van der Waals surface area contributed by atoms with Crippen LogP contribution in [0.5, 0.6) is 0 Å². The number of para-hydroxylation sites is 1. The van der Waals surface area contributed by atoms with Crippen molar-refractivity contribution in [2.24, 2.45) is 7.05 Å². The van der Waals surface area contributed by atoms with Crippen LogP contribution in [0.1, 0.15) is 30.1 Å². The van der Waals surface area contributed by atoms with E-state index in [0.29, 0.717) is 19.8 Å². The molecule has 1 amide bonds. The number of benzene rings is 1. The highest BCUT2D eigenvalue weighted by molar-refractivity contribution is 6.07. The predicted molar refractivity (Wildman–Crippen MR) is 92.1 cm³/mol. The number of aryl methyl sites for hydroxylation is 1. The second kappa shape index (κ2) is 6.22. The maximum absolute atomic E-state index is 13.3. The van der Waals surface area contributed by atoms with Gasteiger partial charge in [0.25, 0.3) is 5.91 Å². The van der Waals surface area contributed by atoms with Crippen LogP contribution >= 0.6 is 0 Å². The maximum Gasteiger partial charge on any atom is 0.256 e. The van der Waals surface area contributed by atoms with E-state index in [2.05, 4.69) is 0 Å². The van der Waals surface area contributed by atoms with Crippen molar-refractivity contribution in [3.63, 3.8) is 0 Å². The van der Waals surface area contributed by atoms with Crippen LogP contribution in [0.3, 0.4) is 0 Å². The monoisotopic (exact) mass is 328 g/mol. The molecule has 0 unspecified atom stereocenters. The molecule has 0 radical (unpaired) electrons. The van der Waals surface area contributed by atoms with Gasteiger partial charge in [-0.1, -0.05) is 18.2 Å². The lowest BCUT2D eigenvalue weighted by molar-refractivity contribution is -0.0484. The lowest BCUT2D eigenvalue weighted by atomic mass is 10.1. The fourth-order valence-electron chi connectivity index (χ4n) is 4.22. The highest BCUT2D eigenvalue weighted by atomic mass is 16.5. The van der Waals surface area contributed by atoms with Gasteiger partial charge < -0.3 is 18.9 Å². The molecule has 1 aliphatic carbocycles. The number of hydrogen-bond acceptors (Lipinski definition) is 3. The van der Waals surface area contributed by atoms with Gasteiger partial charge in [0.15, 0.2) is 0 Å². The molecule has 2 fully saturated rings. The van der Waals surface area contributed by atoms with Gasteiger partial charge in [-0.2, -0.15) is 0 Å². The second-order valence-corrected chi connectivity index (χ2v) is 6.64. The maximum atomic E-state index is 13.3. The third-order valence-corrected chi connectivity index (χ3v) is 5.30. The highest BCUT2D eigenvalue weighted by Crippen LogP contribution is 2.33. The van der Waals surface area contributed by atoms with Crippen LogP contribution < -0.4 is 0 Å². The van der Waals surface area contributed by atoms with Crippen molar-refractivity contribution in [2.75, 3.05) is 19.8 Å². The molecule has 5 heteroatoms. The molecule has 2 aromatic rings. The summed E-state index contributed by atoms with van der Waals surface area (Å²) in [6, 6.07) is 8.17. The summed E-state index contributed by atoms with van der Waals surface area (Å²) in [5.74, 6) is 0.0904. The van der Waals surface area contributed by atoms with Crippen molar-refractivity contribution in [3.8, 4) is 0 Å². The average Bonchev–Trinajstić information content (AvgIpc) is 3.06. The third kappa shape index (κ3) is 2.43. The van der Waals surface area contributed by atoms with E-state index in [1.807, 2.05) is 53.9 Å². The summed E-state index contributed by atoms with van der Waals surface area (Å²) >= 11 is 0. The van der Waals surface area contributed by atoms with Gasteiger partial charge in [0.1, 0.15) is 6.10 Å². The Balaban J connectivity index is 1.70. The molecule has 2 heterocycles. The minimum atomic E-state index is -0.00331. The second-order valence-electron chi connectivity index (χ2n) is 6.64. The summed E-state index contributed by atoms with van der Waals surface area (Å²) in [4.78, 5) is 15.3. The zero-order valence-corrected chi connectivity index (χ0v) is 14.3. The highest BCUT2D eigenvalue weighted by Gasteiger charge is 2.44. The summed E-state index contributed by atoms with van der Waals surface area (Å²) in [5, 5.41) is 1.01. The topological polar surface area (TPSA) is 43.7 Å². The van der Waals surface area contributed by atoms with Crippen LogP contribution in [0.15, 0.2) is 30.5 Å². The average molecular weight is 328 g/mol. The van der Waals surface area contributed by atoms with Crippen molar-refractivity contribution in [1.82, 2.24) is 9.47 Å². The number of carbonyl (C=O) groups is 1. The first-order valence-corrected chi connectivity index (χ1v) is 8.79. The molecule has 24 heavy (non-hydrogen) atoms. The number of nitrogens with zero attached hydrogens (tertiary/aromatic N) is 2. The summed E-state index contributed by atoms with van der Waals surface area (Å²) in [6.07, 6.45) is 3.98. The summed E-state index contributed by atoms with van der Waals surface area (Å²) in [5.41, 5.74) is 1.85. The minimum Gasteiger partial charge on any atom is -0.374 e. The van der Waals surface area contributed by atoms with E-state index in [4.69, 9.17) is 9.47 Å². The van der Waals surface area contributed by atoms with Crippen LogP contribution in [-0.2, 0) is 16.5 Å². The van der Waals surface area contributed by atoms with Gasteiger partial charge in [0.05, 0.1) is 24.3 Å². The smallest absolute Gasteiger partial charge is 0.256 e. The number of amides is 1. The lowest BCUT2D eigenvalue weighted by Crippen LogP contribution is -2.46. The van der Waals surface area contributed by atoms with Gasteiger partial charge in [-0.15, -0.1) is 0 Å². The largest absolute Gasteiger partial charge is 0.374 e. The molecule has 2 bridgehead atoms. The third-order valence-electron chi connectivity index (χ3n) is 5.30. The molecule has 5 nitrogen and oxygen atoms in total. The molecule has 2 aliphatic rings. The van der Waals surface area contributed by atoms with E-state index in [-0.39, 0.29) is 24.2 Å². The summed E-state index contributed by atoms with van der Waals surface area (Å²) in [7, 11) is 1.99. The number of hydrogen-bond donors (Lipinski definition) is 0. The lowest BCUT2D eigenvalue weighted by Gasteiger charge is -2.31. The zero-order chi connectivity index (χ0) is 16.7. The van der Waals surface area contributed by atoms with Crippen LogP contribution in [0.25, 0.3) is 10.9 Å². The minimum absolute atomic E-state index is 0.00331. The normalized spacial score (nSPS) is 26.8. The predicted octanol–water partition coefficient (Wildman–Crippen LogP) is 2.59. The standard InChI is InChI=1S/C19H24N2O3/c1-3-23-18-16-8-9-17(18)24-11-10-21(16)19(22)14-12-20(2)15-7-5-4-6-13(14)15/h4-7,12,16-18H,3,8-11H2,1-2H3/t16-,17-,18-/m1/s1. The number of ether oxygens (including phenoxy) is 2. The van der Waals surface area contributed by atoms with Gasteiger partial charge in [-0.25, -0.2) is 0 Å². The van der Waals surface area contributed by atoms with Crippen LogP contribution in [0, 0.1) is 0 Å². The van der Waals surface area contributed by atoms with Gasteiger partial charge >= 0.3 is 0 Å². The summed E-state index contributed by atoms with van der Waals surface area (Å²) in [6.45, 7) is 3.87. The SMILES string of the molecule is CCO[C@@H]1[C@H]2CC[C@H]1OCCN2C(=O)c1cn(C)c2ccccc12. The number of carbonyl (C=O) groups excluding carboxylic acids is 1. The molecule has 3 atom stereocenters. The Kier molecular flexibility index (Phi) is 4.06. The fraction of sp³-hybridized carbons (Fsp3) is 0.526. The Morgan fingerprint density at radius 2 is 2.17 bits per heavy atom. The van der Waals surface area contributed by atoms with Gasteiger partial charge in [-0.05, 0) is 25.8 Å². The molecule has 1 saturated carbocycles. The van der Waals surface area contributed by atoms with Crippen LogP contribution in [0.2, 0.25) is 0 Å². The van der Waals surface area contributed by atoms with Crippen molar-refractivity contribution in [2.45, 2.75) is 38.0 Å². The first kappa shape index (κ1) is 15.7. The quantitative estimate of drug-likeness (QED) is 0.870. The molecule has 0 N–H and O–H groups in total. The first-order chi connectivity index (χ1) is 11.7. The van der Waals surface area contributed by atoms with Crippen molar-refractivity contribution in [3.05, 3.63) is 36.0 Å². The molecule has 4 rings (SSSR count). The van der Waals surface area contributed by atoms with E-state index in [0.717, 1.165) is 29.3 Å². The van der Waals surface area contributed by atoms with E-state index < -0.39 is 0 Å². The van der Waals surface area contributed by atoms with Crippen LogP contribution in [0.4, 0.5) is 0 Å². The zero-order valence-electron chi connectivity index (χ0n) is 14.3. The number of aromatic nitrogens is 1. The fourth-order valence-corrected chi connectivity index (χ4v) is 4.22. The Morgan fingerprint density at radius 1 is 1.33 bits per heavy atom. The molecule has 1 aromatic carbocycles. The van der Waals surface area contributed by atoms with Crippen molar-refractivity contribution >= 4 is 16.8 Å². The Labute approximate surface area is 142 Å². The molecular formula is C19H24N2O3. The first-order valence-electron chi connectivity index (χ1n) is 8.79. The Hall–Kier alpha value is -1.85. The van der Waals surface area contributed by atoms with Gasteiger partial charge in [0, 0.05) is 37.3 Å². The van der Waals surface area contributed by atoms with Crippen molar-refractivity contribution < 1.29 is 14.3 Å². The van der Waals surface area contributed by atoms with Gasteiger partial charge in [-0.3, -0.25) is 4.79 Å². The number of fused-ring (bicyclic) bond motifs is 3. The van der Waals surface area contributed by atoms with E-state index in [1.165, 1.54) is 0 Å². The molecule has 1 saturated heterocycles. The Morgan fingerprint density at radius 3 is 3.00 bits per heavy atom. The molecule has 0 spiro atoms. The van der Waals surface area contributed by atoms with Crippen molar-refractivity contribution in [1.29, 1.82) is 0 Å². The summed E-state index contributed by atoms with van der Waals surface area (Å²) < 4.78 is 13.9. The van der Waals surface area contributed by atoms with Crippen LogP contribution in [-0.4, -0.2) is 53.4 Å². The molecule has 128 valence electrons. The molecular weight excluding hydrogens is 304 g/mol. The Bertz CT molecular complexity index is 754. The van der Waals surface area contributed by atoms with E-state index >= 15 is 0 Å². The number of rotatable bonds is 3. The molecule has 1 aliphatic heterocycles. The van der Waals surface area contributed by atoms with Gasteiger partial charge in [0.2, 0.25) is 0 Å².